The summed E-state index contributed by atoms with van der Waals surface area (Å²) < 4.78 is 45.9. The first kappa shape index (κ1) is 15.6. The highest BCUT2D eigenvalue weighted by atomic mass is 19.4. The Morgan fingerprint density at radius 2 is 1.90 bits per heavy atom. The zero-order valence-electron chi connectivity index (χ0n) is 10.3. The van der Waals surface area contributed by atoms with Gasteiger partial charge in [0.15, 0.2) is 5.76 Å². The van der Waals surface area contributed by atoms with Crippen LogP contribution in [-0.2, 0) is 9.47 Å². The van der Waals surface area contributed by atoms with Gasteiger partial charge in [0.2, 0.25) is 5.60 Å². The van der Waals surface area contributed by atoms with Gasteiger partial charge in [-0.05, 0) is 25.7 Å². The fourth-order valence-corrected chi connectivity index (χ4v) is 0.906. The van der Waals surface area contributed by atoms with E-state index in [1.807, 2.05) is 0 Å². The van der Waals surface area contributed by atoms with E-state index >= 15 is 0 Å². The molecule has 1 aliphatic rings. The van der Waals surface area contributed by atoms with E-state index in [1.54, 1.807) is 0 Å². The Hall–Kier alpha value is -2.50. The van der Waals surface area contributed by atoms with Crippen LogP contribution in [-0.4, -0.2) is 22.9 Å². The second-order valence-corrected chi connectivity index (χ2v) is 4.05. The molecule has 9 heteroatoms. The first-order valence-electron chi connectivity index (χ1n) is 5.09. The topological polar surface area (TPSA) is 78.7 Å². The molecule has 0 radical (unpaired) electrons. The maximum Gasteiger partial charge on any atom is 0.515 e. The third-order valence-electron chi connectivity index (χ3n) is 2.12. The molecule has 0 N–H and O–H groups in total. The second-order valence-electron chi connectivity index (χ2n) is 4.05. The largest absolute Gasteiger partial charge is 0.515 e. The van der Waals surface area contributed by atoms with Gasteiger partial charge in [-0.3, -0.25) is 10.1 Å². The number of hydrogen-bond acceptors (Lipinski definition) is 5. The van der Waals surface area contributed by atoms with Gasteiger partial charge in [0.1, 0.15) is 0 Å². The molecule has 0 amide bonds. The lowest BCUT2D eigenvalue weighted by molar-refractivity contribution is -0.418. The minimum atomic E-state index is -4.77. The maximum atomic E-state index is 12.5. The van der Waals surface area contributed by atoms with E-state index in [-0.39, 0.29) is 5.76 Å². The molecule has 0 aliphatic heterocycles. The summed E-state index contributed by atoms with van der Waals surface area (Å²) in [5.41, 5.74) is 1.00. The number of nitro groups is 1. The lowest BCUT2D eigenvalue weighted by Crippen LogP contribution is -2.43. The Labute approximate surface area is 110 Å². The number of halogens is 3. The first-order valence-corrected chi connectivity index (χ1v) is 5.09. The number of hydrogen-bond donors (Lipinski definition) is 0. The smallest absolute Gasteiger partial charge is 0.418 e. The van der Waals surface area contributed by atoms with E-state index < -0.39 is 28.6 Å². The molecule has 0 atom stereocenters. The maximum absolute atomic E-state index is 12.5. The monoisotopic (exact) mass is 291 g/mol. The molecule has 0 aromatic heterocycles. The Morgan fingerprint density at radius 1 is 1.30 bits per heavy atom. The van der Waals surface area contributed by atoms with E-state index in [0.29, 0.717) is 13.8 Å². The summed E-state index contributed by atoms with van der Waals surface area (Å²) in [5.74, 6) is -0.349. The molecule has 1 rings (SSSR count). The van der Waals surface area contributed by atoms with Crippen molar-refractivity contribution in [2.45, 2.75) is 25.6 Å². The van der Waals surface area contributed by atoms with E-state index in [2.05, 4.69) is 20.9 Å². The van der Waals surface area contributed by atoms with E-state index in [0.717, 1.165) is 12.2 Å². The van der Waals surface area contributed by atoms with Crippen LogP contribution in [0.15, 0.2) is 35.1 Å². The standard InChI is InChI=1S/C11H8F3NO5/c1-10(2,11(12,13)14)20-9(16)19-8-5-3-7(4-6-8)15(17)18/h3,5H,1-2H3. The number of carbonyl (C=O) groups is 1. The fraction of sp³-hybridized carbons (Fsp3) is 0.364. The van der Waals surface area contributed by atoms with Crippen molar-refractivity contribution in [1.29, 1.82) is 0 Å². The molecular weight excluding hydrogens is 283 g/mol. The van der Waals surface area contributed by atoms with Gasteiger partial charge in [-0.25, -0.2) is 4.79 Å². The number of nitrogens with zero attached hydrogens (tertiary/aromatic N) is 1. The molecule has 0 fully saturated rings. The van der Waals surface area contributed by atoms with Gasteiger partial charge in [-0.2, -0.15) is 13.2 Å². The van der Waals surface area contributed by atoms with Crippen molar-refractivity contribution in [2.24, 2.45) is 0 Å². The van der Waals surface area contributed by atoms with Crippen molar-refractivity contribution >= 4 is 6.16 Å². The van der Waals surface area contributed by atoms with Gasteiger partial charge < -0.3 is 9.47 Å². The summed E-state index contributed by atoms with van der Waals surface area (Å²) in [6.07, 6.45) is -4.44. The molecule has 0 saturated carbocycles. The molecule has 108 valence electrons. The lowest BCUT2D eigenvalue weighted by atomic mass is 10.1. The molecule has 20 heavy (non-hydrogen) atoms. The Morgan fingerprint density at radius 3 is 2.30 bits per heavy atom. The average Bonchev–Trinajstić information content (AvgIpc) is 2.27. The first-order chi connectivity index (χ1) is 9.03. The Kier molecular flexibility index (Phi) is 4.08. The van der Waals surface area contributed by atoms with E-state index in [1.165, 1.54) is 0 Å². The number of allylic oxidation sites excluding steroid dienone is 2. The Balaban J connectivity index is 2.78. The number of carbonyl (C=O) groups excluding carboxylic acids is 1. The van der Waals surface area contributed by atoms with Gasteiger partial charge in [0, 0.05) is 11.8 Å². The molecule has 0 saturated heterocycles. The van der Waals surface area contributed by atoms with Gasteiger partial charge in [0.05, 0.1) is 4.92 Å². The molecule has 0 heterocycles. The Bertz CT molecular complexity index is 575. The fourth-order valence-electron chi connectivity index (χ4n) is 0.906. The highest BCUT2D eigenvalue weighted by Crippen LogP contribution is 2.33. The molecule has 0 bridgehead atoms. The summed E-state index contributed by atoms with van der Waals surface area (Å²) in [5, 5.41) is 10.3. The third kappa shape index (κ3) is 3.74. The van der Waals surface area contributed by atoms with Crippen LogP contribution < -0.4 is 0 Å². The van der Waals surface area contributed by atoms with Crippen molar-refractivity contribution in [3.05, 3.63) is 45.2 Å². The van der Waals surface area contributed by atoms with Gasteiger partial charge in [-0.1, -0.05) is 0 Å². The van der Waals surface area contributed by atoms with Crippen molar-refractivity contribution in [3.63, 3.8) is 0 Å². The highest BCUT2D eigenvalue weighted by Gasteiger charge is 2.51. The van der Waals surface area contributed by atoms with Crippen LogP contribution in [0.1, 0.15) is 13.8 Å². The van der Waals surface area contributed by atoms with E-state index in [9.17, 15) is 28.1 Å². The third-order valence-corrected chi connectivity index (χ3v) is 2.12. The summed E-state index contributed by atoms with van der Waals surface area (Å²) in [6, 6.07) is 0. The average molecular weight is 291 g/mol. The van der Waals surface area contributed by atoms with Crippen LogP contribution in [0.3, 0.4) is 0 Å². The van der Waals surface area contributed by atoms with Crippen LogP contribution in [0, 0.1) is 10.1 Å². The predicted octanol–water partition coefficient (Wildman–Crippen LogP) is 2.85. The van der Waals surface area contributed by atoms with Crippen molar-refractivity contribution in [2.75, 3.05) is 0 Å². The minimum absolute atomic E-state index is 0.349. The zero-order valence-corrected chi connectivity index (χ0v) is 10.3. The summed E-state index contributed by atoms with van der Waals surface area (Å²) in [4.78, 5) is 20.8. The number of rotatable bonds is 3. The minimum Gasteiger partial charge on any atom is -0.418 e. The molecule has 0 unspecified atom stereocenters. The second kappa shape index (κ2) is 5.24. The molecular formula is C11H8F3NO5. The van der Waals surface area contributed by atoms with Gasteiger partial charge in [-0.15, -0.1) is 0 Å². The van der Waals surface area contributed by atoms with Crippen LogP contribution in [0.5, 0.6) is 0 Å². The quantitative estimate of drug-likeness (QED) is 0.346. The lowest BCUT2D eigenvalue weighted by Gasteiger charge is -2.26. The van der Waals surface area contributed by atoms with Crippen LogP contribution in [0.2, 0.25) is 0 Å². The van der Waals surface area contributed by atoms with Crippen LogP contribution in [0.25, 0.3) is 0 Å². The van der Waals surface area contributed by atoms with Crippen molar-refractivity contribution in [3.8, 4) is 0 Å². The molecule has 0 aromatic rings. The SMILES string of the molecule is CC(C)(OC(=O)OC1=C=C=C([N+](=O)[O-])C=C1)C(F)(F)F. The summed E-state index contributed by atoms with van der Waals surface area (Å²) in [7, 11) is 0. The highest BCUT2D eigenvalue weighted by molar-refractivity contribution is 5.62. The van der Waals surface area contributed by atoms with Crippen LogP contribution >= 0.6 is 0 Å². The van der Waals surface area contributed by atoms with Gasteiger partial charge >= 0.3 is 18.0 Å². The van der Waals surface area contributed by atoms with Crippen LogP contribution in [0.4, 0.5) is 18.0 Å². The van der Waals surface area contributed by atoms with Crippen molar-refractivity contribution in [1.82, 2.24) is 0 Å². The molecule has 0 aromatic carbocycles. The molecule has 1 aliphatic carbocycles. The predicted molar refractivity (Wildman–Crippen MR) is 57.9 cm³/mol. The van der Waals surface area contributed by atoms with E-state index in [4.69, 9.17) is 0 Å². The normalized spacial score (nSPS) is 14.4. The van der Waals surface area contributed by atoms with Crippen molar-refractivity contribution < 1.29 is 32.4 Å². The number of ether oxygens (including phenoxy) is 2. The zero-order chi connectivity index (χ0) is 15.6. The summed E-state index contributed by atoms with van der Waals surface area (Å²) in [6.45, 7) is 1.31. The number of alkyl halides is 3. The molecule has 6 nitrogen and oxygen atoms in total. The molecule has 0 spiro atoms. The van der Waals surface area contributed by atoms with Gasteiger partial charge in [0.25, 0.3) is 0 Å². The summed E-state index contributed by atoms with van der Waals surface area (Å²) >= 11 is 0.